The number of rotatable bonds is 2. The van der Waals surface area contributed by atoms with Gasteiger partial charge in [0, 0.05) is 30.9 Å². The fourth-order valence-corrected chi connectivity index (χ4v) is 3.81. The standard InChI is InChI=1S/C18H22N4O/c1-13-3-2-4-15(7-13)16-9-19-22(11-16)18(23)20-17-8-14-5-6-21(10-14)12-17/h2-4,7,9,11,14,17H,5-6,8,10,12H2,1H3,(H,20,23)/t14-,17-/m1/s1. The van der Waals surface area contributed by atoms with E-state index in [2.05, 4.69) is 34.4 Å². The van der Waals surface area contributed by atoms with E-state index >= 15 is 0 Å². The predicted molar refractivity (Wildman–Crippen MR) is 89.3 cm³/mol. The molecule has 1 unspecified atom stereocenters. The first-order valence-corrected chi connectivity index (χ1v) is 8.32. The van der Waals surface area contributed by atoms with Gasteiger partial charge in [-0.05, 0) is 37.8 Å². The lowest BCUT2D eigenvalue weighted by Gasteiger charge is -2.30. The Morgan fingerprint density at radius 2 is 2.22 bits per heavy atom. The number of fused-ring (bicyclic) bond motifs is 2. The monoisotopic (exact) mass is 310 g/mol. The van der Waals surface area contributed by atoms with Crippen LogP contribution in [0.3, 0.4) is 0 Å². The smallest absolute Gasteiger partial charge is 0.332 e. The number of carbonyl (C=O) groups is 1. The molecule has 0 aliphatic carbocycles. The molecule has 23 heavy (non-hydrogen) atoms. The first kappa shape index (κ1) is 14.5. The highest BCUT2D eigenvalue weighted by Gasteiger charge is 2.33. The summed E-state index contributed by atoms with van der Waals surface area (Å²) in [6.45, 7) is 5.41. The molecule has 5 heteroatoms. The summed E-state index contributed by atoms with van der Waals surface area (Å²) in [5, 5.41) is 7.36. The Kier molecular flexibility index (Phi) is 3.65. The fourth-order valence-electron chi connectivity index (χ4n) is 3.81. The zero-order valence-corrected chi connectivity index (χ0v) is 13.4. The number of hydrogen-bond donors (Lipinski definition) is 1. The Hall–Kier alpha value is -2.14. The van der Waals surface area contributed by atoms with E-state index in [0.717, 1.165) is 30.0 Å². The summed E-state index contributed by atoms with van der Waals surface area (Å²) in [7, 11) is 0. The number of aryl methyl sites for hydroxylation is 1. The van der Waals surface area contributed by atoms with E-state index in [4.69, 9.17) is 0 Å². The number of benzene rings is 1. The van der Waals surface area contributed by atoms with Crippen LogP contribution in [-0.4, -0.2) is 46.4 Å². The van der Waals surface area contributed by atoms with Crippen molar-refractivity contribution in [2.24, 2.45) is 5.92 Å². The van der Waals surface area contributed by atoms with E-state index in [1.807, 2.05) is 18.3 Å². The van der Waals surface area contributed by atoms with Crippen molar-refractivity contribution in [2.75, 3.05) is 19.6 Å². The number of piperidine rings is 1. The quantitative estimate of drug-likeness (QED) is 0.927. The summed E-state index contributed by atoms with van der Waals surface area (Å²) >= 11 is 0. The number of aromatic nitrogens is 2. The molecule has 2 bridgehead atoms. The third-order valence-electron chi connectivity index (χ3n) is 4.94. The highest BCUT2D eigenvalue weighted by molar-refractivity contribution is 5.77. The van der Waals surface area contributed by atoms with Gasteiger partial charge in [0.1, 0.15) is 0 Å². The van der Waals surface area contributed by atoms with Crippen molar-refractivity contribution >= 4 is 6.03 Å². The third-order valence-corrected chi connectivity index (χ3v) is 4.94. The van der Waals surface area contributed by atoms with Gasteiger partial charge in [0.15, 0.2) is 0 Å². The molecule has 0 radical (unpaired) electrons. The van der Waals surface area contributed by atoms with Gasteiger partial charge < -0.3 is 10.2 Å². The Bertz CT molecular complexity index is 711. The van der Waals surface area contributed by atoms with Crippen LogP contribution in [0.4, 0.5) is 4.79 Å². The zero-order valence-electron chi connectivity index (χ0n) is 13.4. The lowest BCUT2D eigenvalue weighted by atomic mass is 9.97. The van der Waals surface area contributed by atoms with Crippen LogP contribution in [0.25, 0.3) is 11.1 Å². The molecule has 2 aromatic rings. The van der Waals surface area contributed by atoms with Crippen LogP contribution in [0.2, 0.25) is 0 Å². The van der Waals surface area contributed by atoms with Gasteiger partial charge in [-0.3, -0.25) is 0 Å². The zero-order chi connectivity index (χ0) is 15.8. The normalized spacial score (nSPS) is 26.2. The summed E-state index contributed by atoms with van der Waals surface area (Å²) in [4.78, 5) is 14.9. The highest BCUT2D eigenvalue weighted by atomic mass is 16.2. The van der Waals surface area contributed by atoms with Crippen LogP contribution in [0.15, 0.2) is 36.7 Å². The average Bonchev–Trinajstić information content (AvgIpc) is 3.14. The van der Waals surface area contributed by atoms with Gasteiger partial charge in [-0.25, -0.2) is 4.79 Å². The van der Waals surface area contributed by atoms with Crippen LogP contribution >= 0.6 is 0 Å². The minimum absolute atomic E-state index is 0.128. The second kappa shape index (κ2) is 5.81. The minimum atomic E-state index is -0.128. The highest BCUT2D eigenvalue weighted by Crippen LogP contribution is 2.26. The summed E-state index contributed by atoms with van der Waals surface area (Å²) in [5.74, 6) is 0.745. The Balaban J connectivity index is 1.45. The van der Waals surface area contributed by atoms with Gasteiger partial charge in [0.05, 0.1) is 6.20 Å². The van der Waals surface area contributed by atoms with Crippen molar-refractivity contribution < 1.29 is 4.79 Å². The van der Waals surface area contributed by atoms with Crippen molar-refractivity contribution in [1.29, 1.82) is 0 Å². The third kappa shape index (κ3) is 3.01. The van der Waals surface area contributed by atoms with E-state index in [0.29, 0.717) is 0 Å². The second-order valence-electron chi connectivity index (χ2n) is 6.84. The Labute approximate surface area is 136 Å². The lowest BCUT2D eigenvalue weighted by Crippen LogP contribution is -2.48. The fraction of sp³-hybridized carbons (Fsp3) is 0.444. The molecule has 0 saturated carbocycles. The van der Waals surface area contributed by atoms with Gasteiger partial charge in [-0.1, -0.05) is 29.8 Å². The van der Waals surface area contributed by atoms with E-state index < -0.39 is 0 Å². The SMILES string of the molecule is Cc1cccc(-c2cnn(C(=O)N[C@@H]3C[C@H]4CCN(C4)C3)c2)c1. The molecule has 2 saturated heterocycles. The maximum absolute atomic E-state index is 12.4. The predicted octanol–water partition coefficient (Wildman–Crippen LogP) is 2.51. The summed E-state index contributed by atoms with van der Waals surface area (Å²) < 4.78 is 1.42. The Morgan fingerprint density at radius 3 is 3.04 bits per heavy atom. The molecule has 2 aliphatic rings. The Morgan fingerprint density at radius 1 is 1.30 bits per heavy atom. The van der Waals surface area contributed by atoms with Crippen molar-refractivity contribution in [3.8, 4) is 11.1 Å². The summed E-state index contributed by atoms with van der Waals surface area (Å²) in [6.07, 6.45) is 5.92. The molecular weight excluding hydrogens is 288 g/mol. The molecule has 0 spiro atoms. The molecule has 1 aromatic carbocycles. The minimum Gasteiger partial charge on any atom is -0.332 e. The number of amides is 1. The average molecular weight is 310 g/mol. The maximum Gasteiger partial charge on any atom is 0.342 e. The molecule has 5 nitrogen and oxygen atoms in total. The number of nitrogens with zero attached hydrogens (tertiary/aromatic N) is 3. The van der Waals surface area contributed by atoms with Crippen molar-refractivity contribution in [3.05, 3.63) is 42.2 Å². The van der Waals surface area contributed by atoms with E-state index in [-0.39, 0.29) is 12.1 Å². The van der Waals surface area contributed by atoms with Gasteiger partial charge in [0.25, 0.3) is 0 Å². The molecular formula is C18H22N4O. The van der Waals surface area contributed by atoms with Gasteiger partial charge in [-0.2, -0.15) is 9.78 Å². The van der Waals surface area contributed by atoms with Crippen molar-refractivity contribution in [3.63, 3.8) is 0 Å². The topological polar surface area (TPSA) is 50.2 Å². The maximum atomic E-state index is 12.4. The molecule has 4 rings (SSSR count). The summed E-state index contributed by atoms with van der Waals surface area (Å²) in [6, 6.07) is 8.34. The molecule has 1 amide bonds. The number of nitrogens with one attached hydrogen (secondary N) is 1. The first-order chi connectivity index (χ1) is 11.2. The summed E-state index contributed by atoms with van der Waals surface area (Å²) in [5.41, 5.74) is 3.26. The first-order valence-electron chi connectivity index (χ1n) is 8.32. The van der Waals surface area contributed by atoms with Crippen LogP contribution < -0.4 is 5.32 Å². The van der Waals surface area contributed by atoms with Gasteiger partial charge in [0.2, 0.25) is 0 Å². The molecule has 120 valence electrons. The van der Waals surface area contributed by atoms with E-state index in [1.165, 1.54) is 29.8 Å². The second-order valence-corrected chi connectivity index (χ2v) is 6.84. The van der Waals surface area contributed by atoms with Crippen LogP contribution in [-0.2, 0) is 0 Å². The van der Waals surface area contributed by atoms with Gasteiger partial charge >= 0.3 is 6.03 Å². The van der Waals surface area contributed by atoms with Crippen molar-refractivity contribution in [2.45, 2.75) is 25.8 Å². The van der Waals surface area contributed by atoms with Crippen LogP contribution in [0.5, 0.6) is 0 Å². The number of hydrogen-bond acceptors (Lipinski definition) is 3. The molecule has 2 aliphatic heterocycles. The number of carbonyl (C=O) groups excluding carboxylic acids is 1. The molecule has 1 N–H and O–H groups in total. The molecule has 2 fully saturated rings. The van der Waals surface area contributed by atoms with E-state index in [1.54, 1.807) is 6.20 Å². The largest absolute Gasteiger partial charge is 0.342 e. The molecule has 3 atom stereocenters. The van der Waals surface area contributed by atoms with Crippen molar-refractivity contribution in [1.82, 2.24) is 20.0 Å². The van der Waals surface area contributed by atoms with E-state index in [9.17, 15) is 4.79 Å². The van der Waals surface area contributed by atoms with Crippen LogP contribution in [0.1, 0.15) is 18.4 Å². The molecule has 1 aromatic heterocycles. The lowest BCUT2D eigenvalue weighted by molar-refractivity contribution is 0.204. The van der Waals surface area contributed by atoms with Crippen LogP contribution in [0, 0.1) is 12.8 Å². The van der Waals surface area contributed by atoms with Gasteiger partial charge in [-0.15, -0.1) is 0 Å². The molecule has 3 heterocycles.